The fourth-order valence-electron chi connectivity index (χ4n) is 2.91. The molecule has 0 amide bonds. The predicted molar refractivity (Wildman–Crippen MR) is 112 cm³/mol. The van der Waals surface area contributed by atoms with E-state index in [1.807, 2.05) is 0 Å². The van der Waals surface area contributed by atoms with Gasteiger partial charge in [-0.25, -0.2) is 14.4 Å². The Hall–Kier alpha value is -4.19. The minimum absolute atomic E-state index is 0.0149. The van der Waals surface area contributed by atoms with Crippen LogP contribution in [0.15, 0.2) is 47.1 Å². The van der Waals surface area contributed by atoms with Gasteiger partial charge in [-0.05, 0) is 50.6 Å². The molecule has 0 aliphatic heterocycles. The van der Waals surface area contributed by atoms with Gasteiger partial charge in [-0.3, -0.25) is 4.98 Å². The van der Waals surface area contributed by atoms with Gasteiger partial charge in [-0.1, -0.05) is 6.07 Å². The van der Waals surface area contributed by atoms with Gasteiger partial charge in [-0.15, -0.1) is 10.2 Å². The smallest absolute Gasteiger partial charge is 0.270 e. The number of aryl methyl sites for hydroxylation is 1. The summed E-state index contributed by atoms with van der Waals surface area (Å²) in [7, 11) is 0. The largest absolute Gasteiger partial charge is 0.414 e. The molecule has 0 spiro atoms. The number of nitrogens with zero attached hydrogens (tertiary/aromatic N) is 6. The van der Waals surface area contributed by atoms with Crippen molar-refractivity contribution in [3.63, 3.8) is 0 Å². The lowest BCUT2D eigenvalue weighted by molar-refractivity contribution is 0.568. The van der Waals surface area contributed by atoms with Crippen molar-refractivity contribution >= 4 is 5.82 Å². The van der Waals surface area contributed by atoms with E-state index < -0.39 is 11.2 Å². The summed E-state index contributed by atoms with van der Waals surface area (Å²) >= 11 is 0. The van der Waals surface area contributed by atoms with Gasteiger partial charge in [-0.2, -0.15) is 5.26 Å². The summed E-state index contributed by atoms with van der Waals surface area (Å²) in [6.07, 6.45) is 3.11. The van der Waals surface area contributed by atoms with Gasteiger partial charge >= 0.3 is 0 Å². The Morgan fingerprint density at radius 1 is 1.10 bits per heavy atom. The molecule has 4 rings (SSSR count). The molecule has 31 heavy (non-hydrogen) atoms. The molecule has 2 N–H and O–H groups in total. The van der Waals surface area contributed by atoms with E-state index >= 15 is 0 Å². The van der Waals surface area contributed by atoms with Gasteiger partial charge in [0.2, 0.25) is 0 Å². The van der Waals surface area contributed by atoms with E-state index in [0.29, 0.717) is 17.0 Å². The van der Waals surface area contributed by atoms with Crippen molar-refractivity contribution in [2.75, 3.05) is 5.73 Å². The van der Waals surface area contributed by atoms with Crippen LogP contribution in [0.1, 0.15) is 25.1 Å². The monoisotopic (exact) mass is 415 g/mol. The van der Waals surface area contributed by atoms with Crippen LogP contribution in [-0.2, 0) is 5.41 Å². The number of benzene rings is 1. The third-order valence-electron chi connectivity index (χ3n) is 4.76. The van der Waals surface area contributed by atoms with Crippen LogP contribution in [0.25, 0.3) is 34.3 Å². The van der Waals surface area contributed by atoms with Crippen molar-refractivity contribution in [2.45, 2.75) is 26.2 Å². The fraction of sp³-hybridized carbons (Fsp3) is 0.182. The average molecular weight is 415 g/mol. The Balaban J connectivity index is 1.74. The molecule has 0 saturated carbocycles. The molecular weight excluding hydrogens is 397 g/mol. The van der Waals surface area contributed by atoms with Gasteiger partial charge in [0.1, 0.15) is 5.82 Å². The number of nitrogen functional groups attached to an aromatic ring is 1. The van der Waals surface area contributed by atoms with Crippen LogP contribution in [0.3, 0.4) is 0 Å². The summed E-state index contributed by atoms with van der Waals surface area (Å²) in [6.45, 7) is 5.35. The number of rotatable bonds is 4. The van der Waals surface area contributed by atoms with Gasteiger partial charge in [0.05, 0.1) is 34.6 Å². The Bertz CT molecular complexity index is 1320. The molecule has 1 aromatic carbocycles. The van der Waals surface area contributed by atoms with E-state index in [-0.39, 0.29) is 28.9 Å². The Morgan fingerprint density at radius 3 is 2.61 bits per heavy atom. The molecule has 0 aliphatic rings. The Morgan fingerprint density at radius 2 is 1.87 bits per heavy atom. The van der Waals surface area contributed by atoms with Crippen LogP contribution < -0.4 is 5.73 Å². The van der Waals surface area contributed by atoms with E-state index in [1.165, 1.54) is 12.3 Å². The van der Waals surface area contributed by atoms with Crippen LogP contribution in [0.5, 0.6) is 0 Å². The number of hydrogen-bond acceptors (Lipinski definition) is 8. The fourth-order valence-corrected chi connectivity index (χ4v) is 2.91. The highest BCUT2D eigenvalue weighted by molar-refractivity contribution is 5.69. The van der Waals surface area contributed by atoms with Gasteiger partial charge < -0.3 is 10.2 Å². The molecular formula is C22H18FN7O. The van der Waals surface area contributed by atoms with Crippen LogP contribution in [0, 0.1) is 24.1 Å². The van der Waals surface area contributed by atoms with Crippen molar-refractivity contribution in [2.24, 2.45) is 0 Å². The molecule has 0 bridgehead atoms. The summed E-state index contributed by atoms with van der Waals surface area (Å²) in [5, 5.41) is 17.3. The van der Waals surface area contributed by atoms with Crippen LogP contribution >= 0.6 is 0 Å². The van der Waals surface area contributed by atoms with E-state index in [2.05, 4.69) is 31.2 Å². The first kappa shape index (κ1) is 20.1. The first-order valence-electron chi connectivity index (χ1n) is 9.39. The van der Waals surface area contributed by atoms with Gasteiger partial charge in [0.15, 0.2) is 11.5 Å². The summed E-state index contributed by atoms with van der Waals surface area (Å²) in [6, 6.07) is 10.5. The van der Waals surface area contributed by atoms with E-state index in [1.54, 1.807) is 51.2 Å². The number of anilines is 1. The van der Waals surface area contributed by atoms with E-state index in [0.717, 1.165) is 5.56 Å². The lowest BCUT2D eigenvalue weighted by Gasteiger charge is -2.15. The second kappa shape index (κ2) is 7.57. The molecule has 0 unspecified atom stereocenters. The quantitative estimate of drug-likeness (QED) is 0.528. The predicted octanol–water partition coefficient (Wildman–Crippen LogP) is 4.09. The highest BCUT2D eigenvalue weighted by Gasteiger charge is 2.23. The summed E-state index contributed by atoms with van der Waals surface area (Å²) in [5.74, 6) is -0.336. The highest BCUT2D eigenvalue weighted by Crippen LogP contribution is 2.30. The second-order valence-electron chi connectivity index (χ2n) is 7.55. The third kappa shape index (κ3) is 3.83. The van der Waals surface area contributed by atoms with Gasteiger partial charge in [0.25, 0.3) is 11.8 Å². The maximum absolute atomic E-state index is 14.3. The molecule has 154 valence electrons. The maximum Gasteiger partial charge on any atom is 0.270 e. The molecule has 3 aromatic heterocycles. The summed E-state index contributed by atoms with van der Waals surface area (Å²) in [5.41, 5.74) is 8.16. The lowest BCUT2D eigenvalue weighted by Crippen LogP contribution is -2.15. The zero-order valence-electron chi connectivity index (χ0n) is 17.1. The molecule has 9 heteroatoms. The first-order valence-corrected chi connectivity index (χ1v) is 9.39. The number of halogens is 1. The van der Waals surface area contributed by atoms with Crippen molar-refractivity contribution in [3.05, 3.63) is 59.8 Å². The molecule has 0 radical (unpaired) electrons. The number of hydrogen-bond donors (Lipinski definition) is 1. The number of nitriles is 1. The summed E-state index contributed by atoms with van der Waals surface area (Å²) in [4.78, 5) is 13.0. The Kier molecular flexibility index (Phi) is 4.91. The average Bonchev–Trinajstić information content (AvgIpc) is 3.24. The van der Waals surface area contributed by atoms with Crippen LogP contribution in [-0.4, -0.2) is 25.1 Å². The lowest BCUT2D eigenvalue weighted by atomic mass is 9.90. The molecule has 0 aliphatic carbocycles. The highest BCUT2D eigenvalue weighted by atomic mass is 19.1. The molecule has 0 saturated heterocycles. The molecule has 4 aromatic rings. The normalized spacial score (nSPS) is 11.3. The summed E-state index contributed by atoms with van der Waals surface area (Å²) < 4.78 is 19.9. The molecule has 3 heterocycles. The SMILES string of the molecule is Cc1ccc(-c2nnc(-c3nc(-c4ccnc(C(C)(C)C#N)c4)cnc3N)o2)c(F)c1. The second-order valence-corrected chi connectivity index (χ2v) is 7.55. The molecule has 8 nitrogen and oxygen atoms in total. The minimum atomic E-state index is -0.764. The van der Waals surface area contributed by atoms with Crippen molar-refractivity contribution < 1.29 is 8.81 Å². The minimum Gasteiger partial charge on any atom is -0.414 e. The standard InChI is InChI=1S/C22H18FN7O/c1-12-4-5-14(15(23)8-12)20-29-30-21(31-20)18-19(25)27-10-16(28-18)13-6-7-26-17(9-13)22(2,3)11-24/h4-10H,1-3H3,(H2,25,27). The number of aromatic nitrogens is 5. The Labute approximate surface area is 177 Å². The van der Waals surface area contributed by atoms with Gasteiger partial charge in [0, 0.05) is 11.8 Å². The zero-order chi connectivity index (χ0) is 22.2. The molecule has 0 fully saturated rings. The number of pyridine rings is 1. The first-order chi connectivity index (χ1) is 14.8. The van der Waals surface area contributed by atoms with Crippen LogP contribution in [0.4, 0.5) is 10.2 Å². The van der Waals surface area contributed by atoms with Crippen molar-refractivity contribution in [1.82, 2.24) is 25.1 Å². The molecule has 0 atom stereocenters. The van der Waals surface area contributed by atoms with Crippen molar-refractivity contribution in [1.29, 1.82) is 5.26 Å². The van der Waals surface area contributed by atoms with E-state index in [9.17, 15) is 9.65 Å². The maximum atomic E-state index is 14.3. The number of nitrogens with two attached hydrogens (primary N) is 1. The van der Waals surface area contributed by atoms with E-state index in [4.69, 9.17) is 10.2 Å². The van der Waals surface area contributed by atoms with Crippen molar-refractivity contribution in [3.8, 4) is 40.4 Å². The van der Waals surface area contributed by atoms with Crippen LogP contribution in [0.2, 0.25) is 0 Å². The zero-order valence-corrected chi connectivity index (χ0v) is 17.1. The third-order valence-corrected chi connectivity index (χ3v) is 4.76. The topological polar surface area (TPSA) is 127 Å².